The predicted octanol–water partition coefficient (Wildman–Crippen LogP) is 6.21. The lowest BCUT2D eigenvalue weighted by atomic mass is 10.1. The number of rotatable bonds is 8. The van der Waals surface area contributed by atoms with E-state index in [4.69, 9.17) is 24.2 Å². The number of hydrogen-bond acceptors (Lipinski definition) is 8. The third-order valence-corrected chi connectivity index (χ3v) is 7.64. The first-order chi connectivity index (χ1) is 21.2. The van der Waals surface area contributed by atoms with Gasteiger partial charge in [0.15, 0.2) is 0 Å². The molecule has 1 saturated heterocycles. The average molecular weight is 598 g/mol. The van der Waals surface area contributed by atoms with Crippen LogP contribution in [0.5, 0.6) is 5.75 Å². The minimum Gasteiger partial charge on any atom is -0.489 e. The third kappa shape index (κ3) is 6.23. The van der Waals surface area contributed by atoms with Gasteiger partial charge in [0.25, 0.3) is 0 Å². The molecule has 0 atom stereocenters. The highest BCUT2D eigenvalue weighted by atomic mass is 16.6. The first kappa shape index (κ1) is 29.6. The maximum absolute atomic E-state index is 12.5. The Morgan fingerprint density at radius 1 is 1.02 bits per heavy atom. The molecule has 1 fully saturated rings. The fourth-order valence-electron chi connectivity index (χ4n) is 5.51. The summed E-state index contributed by atoms with van der Waals surface area (Å²) in [7, 11) is 1.91. The van der Waals surface area contributed by atoms with Gasteiger partial charge in [-0.25, -0.2) is 9.78 Å². The molecular formula is C33H39N7O4. The fourth-order valence-corrected chi connectivity index (χ4v) is 5.51. The van der Waals surface area contributed by atoms with E-state index in [9.17, 15) is 4.79 Å². The van der Waals surface area contributed by atoms with Crippen molar-refractivity contribution in [3.63, 3.8) is 0 Å². The molecule has 0 N–H and O–H groups in total. The third-order valence-electron chi connectivity index (χ3n) is 7.64. The van der Waals surface area contributed by atoms with E-state index in [1.807, 2.05) is 58.7 Å². The van der Waals surface area contributed by atoms with Crippen LogP contribution in [0.3, 0.4) is 0 Å². The highest BCUT2D eigenvalue weighted by molar-refractivity contribution is 6.08. The molecule has 6 rings (SSSR count). The van der Waals surface area contributed by atoms with Gasteiger partial charge in [0, 0.05) is 86.3 Å². The second-order valence-corrected chi connectivity index (χ2v) is 12.2. The van der Waals surface area contributed by atoms with E-state index in [1.54, 1.807) is 22.0 Å². The highest BCUT2D eigenvalue weighted by Gasteiger charge is 2.28. The van der Waals surface area contributed by atoms with E-state index in [-0.39, 0.29) is 12.2 Å². The van der Waals surface area contributed by atoms with Gasteiger partial charge in [-0.3, -0.25) is 19.2 Å². The summed E-state index contributed by atoms with van der Waals surface area (Å²) in [4.78, 5) is 28.4. The maximum Gasteiger partial charge on any atom is 0.410 e. The van der Waals surface area contributed by atoms with Crippen LogP contribution >= 0.6 is 0 Å². The summed E-state index contributed by atoms with van der Waals surface area (Å²) in [6.07, 6.45) is 13.1. The number of carbonyl (C=O) groups excluding carboxylic acids is 1. The molecule has 0 unspecified atom stereocenters. The molecule has 5 aromatic rings. The SMILES string of the molecule is CCCOCn1c2cnc(-c3cnccc3OC3CCN(C(=O)OC(C)(C)C)CC3)cc2c2cc(-c3cnn(C)c3)cnc21. The Morgan fingerprint density at radius 2 is 1.84 bits per heavy atom. The van der Waals surface area contributed by atoms with E-state index < -0.39 is 5.60 Å². The summed E-state index contributed by atoms with van der Waals surface area (Å²) < 4.78 is 21.9. The lowest BCUT2D eigenvalue weighted by molar-refractivity contribution is 0.0127. The molecule has 5 aromatic heterocycles. The van der Waals surface area contributed by atoms with Crippen LogP contribution in [0.1, 0.15) is 47.0 Å². The van der Waals surface area contributed by atoms with Crippen molar-refractivity contribution in [3.05, 3.63) is 55.4 Å². The molecule has 1 amide bonds. The molecule has 0 aromatic carbocycles. The summed E-state index contributed by atoms with van der Waals surface area (Å²) in [5.74, 6) is 0.715. The van der Waals surface area contributed by atoms with Crippen LogP contribution in [0.25, 0.3) is 44.3 Å². The molecule has 230 valence electrons. The van der Waals surface area contributed by atoms with Crippen molar-refractivity contribution >= 4 is 28.0 Å². The number of ether oxygens (including phenoxy) is 3. The molecule has 0 spiro atoms. The number of carbonyl (C=O) groups is 1. The minimum atomic E-state index is -0.518. The lowest BCUT2D eigenvalue weighted by Crippen LogP contribution is -2.44. The number of hydrogen-bond donors (Lipinski definition) is 0. The van der Waals surface area contributed by atoms with E-state index in [2.05, 4.69) is 33.7 Å². The van der Waals surface area contributed by atoms with Gasteiger partial charge in [0.2, 0.25) is 0 Å². The molecule has 1 aliphatic heterocycles. The quantitative estimate of drug-likeness (QED) is 0.194. The second kappa shape index (κ2) is 12.2. The Morgan fingerprint density at radius 3 is 2.57 bits per heavy atom. The number of aromatic nitrogens is 6. The van der Waals surface area contributed by atoms with Crippen molar-refractivity contribution in [2.45, 2.75) is 65.4 Å². The average Bonchev–Trinajstić information content (AvgIpc) is 3.57. The van der Waals surface area contributed by atoms with Crippen LogP contribution in [0, 0.1) is 0 Å². The Hall–Kier alpha value is -4.51. The molecule has 0 bridgehead atoms. The van der Waals surface area contributed by atoms with Crippen molar-refractivity contribution in [2.75, 3.05) is 19.7 Å². The zero-order valence-corrected chi connectivity index (χ0v) is 26.0. The lowest BCUT2D eigenvalue weighted by Gasteiger charge is -2.33. The van der Waals surface area contributed by atoms with Crippen molar-refractivity contribution in [1.29, 1.82) is 0 Å². The predicted molar refractivity (Wildman–Crippen MR) is 168 cm³/mol. The van der Waals surface area contributed by atoms with Crippen molar-refractivity contribution in [3.8, 4) is 28.1 Å². The van der Waals surface area contributed by atoms with E-state index in [0.717, 1.165) is 50.7 Å². The first-order valence-electron chi connectivity index (χ1n) is 15.1. The van der Waals surface area contributed by atoms with Gasteiger partial charge in [0.05, 0.1) is 29.2 Å². The Balaban J connectivity index is 1.31. The number of likely N-dealkylation sites (tertiary alicyclic amines) is 1. The molecule has 0 saturated carbocycles. The minimum absolute atomic E-state index is 0.0394. The van der Waals surface area contributed by atoms with Gasteiger partial charge in [0.1, 0.15) is 29.8 Å². The van der Waals surface area contributed by atoms with Crippen LogP contribution in [0.15, 0.2) is 55.4 Å². The Kier molecular flexibility index (Phi) is 8.22. The number of amides is 1. The number of pyridine rings is 3. The van der Waals surface area contributed by atoms with E-state index >= 15 is 0 Å². The van der Waals surface area contributed by atoms with Gasteiger partial charge in [-0.15, -0.1) is 0 Å². The molecule has 11 heteroatoms. The smallest absolute Gasteiger partial charge is 0.410 e. The highest BCUT2D eigenvalue weighted by Crippen LogP contribution is 2.36. The molecule has 1 aliphatic rings. The summed E-state index contributed by atoms with van der Waals surface area (Å²) in [6, 6.07) is 6.12. The molecule has 44 heavy (non-hydrogen) atoms. The Labute approximate surface area is 256 Å². The van der Waals surface area contributed by atoms with Crippen LogP contribution in [-0.2, 0) is 23.3 Å². The second-order valence-electron chi connectivity index (χ2n) is 12.2. The largest absolute Gasteiger partial charge is 0.489 e. The van der Waals surface area contributed by atoms with E-state index in [1.165, 1.54) is 0 Å². The normalized spacial score (nSPS) is 14.4. The van der Waals surface area contributed by atoms with Gasteiger partial charge in [-0.05, 0) is 45.4 Å². The van der Waals surface area contributed by atoms with Crippen LogP contribution in [0.4, 0.5) is 4.79 Å². The Bertz CT molecular complexity index is 1780. The molecular weight excluding hydrogens is 558 g/mol. The zero-order valence-electron chi connectivity index (χ0n) is 26.0. The van der Waals surface area contributed by atoms with Crippen molar-refractivity contribution in [1.82, 2.24) is 34.2 Å². The van der Waals surface area contributed by atoms with Gasteiger partial charge >= 0.3 is 6.09 Å². The summed E-state index contributed by atoms with van der Waals surface area (Å²) in [6.45, 7) is 9.94. The molecule has 11 nitrogen and oxygen atoms in total. The van der Waals surface area contributed by atoms with Crippen LogP contribution < -0.4 is 4.74 Å². The van der Waals surface area contributed by atoms with Crippen molar-refractivity contribution < 1.29 is 19.0 Å². The molecule has 0 radical (unpaired) electrons. The summed E-state index contributed by atoms with van der Waals surface area (Å²) >= 11 is 0. The number of fused-ring (bicyclic) bond motifs is 3. The van der Waals surface area contributed by atoms with Crippen LogP contribution in [-0.4, -0.2) is 71.7 Å². The zero-order chi connectivity index (χ0) is 30.8. The summed E-state index contributed by atoms with van der Waals surface area (Å²) in [5.41, 5.74) is 4.81. The topological polar surface area (TPSA) is 109 Å². The fraction of sp³-hybridized carbons (Fsp3) is 0.424. The monoisotopic (exact) mass is 597 g/mol. The standard InChI is InChI=1S/C33H39N7O4/c1-6-13-42-21-40-29-19-35-28(15-25(29)26-14-22(16-36-31(26)40)23-17-37-38(5)20-23)27-18-34-10-7-30(27)43-24-8-11-39(12-9-24)32(41)44-33(2,3)4/h7,10,14-20,24H,6,8-9,11-13,21H2,1-5H3. The summed E-state index contributed by atoms with van der Waals surface area (Å²) in [5, 5.41) is 6.36. The maximum atomic E-state index is 12.5. The molecule has 0 aliphatic carbocycles. The van der Waals surface area contributed by atoms with Crippen LogP contribution in [0.2, 0.25) is 0 Å². The number of nitrogens with zero attached hydrogens (tertiary/aromatic N) is 7. The number of aryl methyl sites for hydroxylation is 1. The molecule has 6 heterocycles. The first-order valence-corrected chi connectivity index (χ1v) is 15.1. The number of piperidine rings is 1. The van der Waals surface area contributed by atoms with Gasteiger partial charge in [-0.2, -0.15) is 5.10 Å². The van der Waals surface area contributed by atoms with E-state index in [0.29, 0.717) is 45.0 Å². The van der Waals surface area contributed by atoms with Crippen molar-refractivity contribution in [2.24, 2.45) is 7.05 Å². The van der Waals surface area contributed by atoms with Gasteiger partial charge in [-0.1, -0.05) is 6.92 Å². The van der Waals surface area contributed by atoms with Gasteiger partial charge < -0.3 is 19.1 Å².